The molecule has 4 aromatic rings. The number of halogens is 2. The van der Waals surface area contributed by atoms with Crippen LogP contribution in [0.1, 0.15) is 17.3 Å². The van der Waals surface area contributed by atoms with Crippen LogP contribution < -0.4 is 0 Å². The van der Waals surface area contributed by atoms with Crippen molar-refractivity contribution in [3.63, 3.8) is 0 Å². The van der Waals surface area contributed by atoms with Crippen LogP contribution >= 0.6 is 15.9 Å². The van der Waals surface area contributed by atoms with Gasteiger partial charge in [-0.25, -0.2) is 4.39 Å². The molecule has 0 radical (unpaired) electrons. The Kier molecular flexibility index (Phi) is 4.53. The van der Waals surface area contributed by atoms with Crippen molar-refractivity contribution in [3.05, 3.63) is 76.1 Å². The van der Waals surface area contributed by atoms with Gasteiger partial charge in [-0.2, -0.15) is 9.78 Å². The van der Waals surface area contributed by atoms with E-state index >= 15 is 0 Å². The van der Waals surface area contributed by atoms with E-state index in [0.717, 1.165) is 15.6 Å². The molecule has 0 aliphatic carbocycles. The van der Waals surface area contributed by atoms with Gasteiger partial charge in [-0.1, -0.05) is 33.2 Å². The van der Waals surface area contributed by atoms with Crippen LogP contribution in [-0.2, 0) is 13.0 Å². The van der Waals surface area contributed by atoms with E-state index in [1.54, 1.807) is 12.1 Å². The van der Waals surface area contributed by atoms with Crippen molar-refractivity contribution < 1.29 is 8.91 Å². The zero-order chi connectivity index (χ0) is 17.9. The van der Waals surface area contributed by atoms with Crippen molar-refractivity contribution in [2.24, 2.45) is 0 Å². The fourth-order valence-electron chi connectivity index (χ4n) is 2.36. The highest BCUT2D eigenvalue weighted by molar-refractivity contribution is 9.10. The minimum absolute atomic E-state index is 0.222. The Morgan fingerprint density at radius 1 is 1.04 bits per heavy atom. The molecule has 26 heavy (non-hydrogen) atoms. The van der Waals surface area contributed by atoms with Crippen molar-refractivity contribution in [2.75, 3.05) is 0 Å². The molecule has 0 fully saturated rings. The highest BCUT2D eigenvalue weighted by Crippen LogP contribution is 2.17. The average molecular weight is 415 g/mol. The van der Waals surface area contributed by atoms with E-state index in [1.165, 1.54) is 16.9 Å². The number of rotatable bonds is 5. The molecule has 0 saturated heterocycles. The minimum atomic E-state index is -0.276. The van der Waals surface area contributed by atoms with Crippen LogP contribution in [-0.4, -0.2) is 30.3 Å². The Morgan fingerprint density at radius 3 is 2.58 bits per heavy atom. The molecule has 9 heteroatoms. The van der Waals surface area contributed by atoms with Gasteiger partial charge >= 0.3 is 0 Å². The number of hydrogen-bond acceptors (Lipinski definition) is 6. The van der Waals surface area contributed by atoms with Gasteiger partial charge in [0.15, 0.2) is 5.82 Å². The molecular weight excluding hydrogens is 403 g/mol. The molecule has 0 N–H and O–H groups in total. The standard InChI is InChI=1S/C17H12BrFN6O/c18-13-5-3-12(4-6-13)17-21-24-25(22-17)10-16-20-15(23-26-16)9-11-1-7-14(19)8-2-11/h1-8H,9-10H2. The van der Waals surface area contributed by atoms with E-state index < -0.39 is 0 Å². The van der Waals surface area contributed by atoms with E-state index in [9.17, 15) is 4.39 Å². The molecule has 0 aliphatic rings. The first-order valence-corrected chi connectivity index (χ1v) is 8.55. The molecule has 130 valence electrons. The van der Waals surface area contributed by atoms with Gasteiger partial charge in [0.25, 0.3) is 0 Å². The van der Waals surface area contributed by atoms with Gasteiger partial charge in [-0.15, -0.1) is 10.2 Å². The lowest BCUT2D eigenvalue weighted by molar-refractivity contribution is 0.353. The maximum Gasteiger partial charge on any atom is 0.250 e. The summed E-state index contributed by atoms with van der Waals surface area (Å²) in [5.74, 6) is 1.13. The summed E-state index contributed by atoms with van der Waals surface area (Å²) in [5, 5.41) is 16.3. The van der Waals surface area contributed by atoms with Crippen LogP contribution in [0.4, 0.5) is 4.39 Å². The second kappa shape index (κ2) is 7.12. The van der Waals surface area contributed by atoms with Crippen molar-refractivity contribution in [1.29, 1.82) is 0 Å². The number of aromatic nitrogens is 6. The van der Waals surface area contributed by atoms with Crippen LogP contribution in [0.3, 0.4) is 0 Å². The quantitative estimate of drug-likeness (QED) is 0.498. The number of tetrazole rings is 1. The monoisotopic (exact) mass is 414 g/mol. The van der Waals surface area contributed by atoms with Crippen LogP contribution in [0.5, 0.6) is 0 Å². The Bertz CT molecular complexity index is 1010. The minimum Gasteiger partial charge on any atom is -0.337 e. The maximum absolute atomic E-state index is 12.9. The summed E-state index contributed by atoms with van der Waals surface area (Å²) in [6.07, 6.45) is 0.457. The second-order valence-corrected chi connectivity index (χ2v) is 6.47. The third-order valence-corrected chi connectivity index (χ3v) is 4.15. The molecule has 2 aromatic carbocycles. The van der Waals surface area contributed by atoms with Gasteiger partial charge in [0.1, 0.15) is 12.4 Å². The van der Waals surface area contributed by atoms with Crippen LogP contribution in [0.25, 0.3) is 11.4 Å². The normalized spacial score (nSPS) is 11.0. The smallest absolute Gasteiger partial charge is 0.250 e. The third-order valence-electron chi connectivity index (χ3n) is 3.62. The second-order valence-electron chi connectivity index (χ2n) is 5.56. The SMILES string of the molecule is Fc1ccc(Cc2noc(Cn3nnc(-c4ccc(Br)cc4)n3)n2)cc1. The van der Waals surface area contributed by atoms with Crippen LogP contribution in [0.15, 0.2) is 57.5 Å². The Labute approximate surface area is 156 Å². The zero-order valence-electron chi connectivity index (χ0n) is 13.4. The predicted molar refractivity (Wildman–Crippen MR) is 93.6 cm³/mol. The van der Waals surface area contributed by atoms with E-state index in [2.05, 4.69) is 41.5 Å². The molecular formula is C17H12BrFN6O. The molecule has 0 atom stereocenters. The molecule has 0 spiro atoms. The van der Waals surface area contributed by atoms with E-state index in [0.29, 0.717) is 24.0 Å². The fraction of sp³-hybridized carbons (Fsp3) is 0.118. The summed E-state index contributed by atoms with van der Waals surface area (Å²) in [5.41, 5.74) is 1.76. The maximum atomic E-state index is 12.9. The van der Waals surface area contributed by atoms with Crippen molar-refractivity contribution in [1.82, 2.24) is 30.3 Å². The van der Waals surface area contributed by atoms with Crippen molar-refractivity contribution in [3.8, 4) is 11.4 Å². The first kappa shape index (κ1) is 16.5. The first-order chi connectivity index (χ1) is 12.7. The summed E-state index contributed by atoms with van der Waals surface area (Å²) in [6, 6.07) is 13.8. The van der Waals surface area contributed by atoms with Crippen LogP contribution in [0, 0.1) is 5.82 Å². The van der Waals surface area contributed by atoms with Gasteiger partial charge < -0.3 is 4.52 Å². The highest BCUT2D eigenvalue weighted by atomic mass is 79.9. The van der Waals surface area contributed by atoms with Gasteiger partial charge in [-0.3, -0.25) is 0 Å². The molecule has 4 rings (SSSR count). The zero-order valence-corrected chi connectivity index (χ0v) is 15.0. The molecule has 0 aliphatic heterocycles. The summed E-state index contributed by atoms with van der Waals surface area (Å²) in [6.45, 7) is 0.222. The topological polar surface area (TPSA) is 82.5 Å². The largest absolute Gasteiger partial charge is 0.337 e. The summed E-state index contributed by atoms with van der Waals surface area (Å²) < 4.78 is 19.1. The molecule has 7 nitrogen and oxygen atoms in total. The molecule has 0 amide bonds. The summed E-state index contributed by atoms with van der Waals surface area (Å²) in [7, 11) is 0. The number of benzene rings is 2. The van der Waals surface area contributed by atoms with Crippen molar-refractivity contribution in [2.45, 2.75) is 13.0 Å². The molecule has 0 unspecified atom stereocenters. The number of hydrogen-bond donors (Lipinski definition) is 0. The van der Waals surface area contributed by atoms with Gasteiger partial charge in [0, 0.05) is 16.5 Å². The predicted octanol–water partition coefficient (Wildman–Crippen LogP) is 3.26. The lowest BCUT2D eigenvalue weighted by Crippen LogP contribution is -2.04. The molecule has 2 heterocycles. The fourth-order valence-corrected chi connectivity index (χ4v) is 2.62. The lowest BCUT2D eigenvalue weighted by Gasteiger charge is -1.95. The van der Waals surface area contributed by atoms with Gasteiger partial charge in [-0.05, 0) is 47.2 Å². The summed E-state index contributed by atoms with van der Waals surface area (Å²) in [4.78, 5) is 5.71. The lowest BCUT2D eigenvalue weighted by atomic mass is 10.1. The van der Waals surface area contributed by atoms with E-state index in [-0.39, 0.29) is 12.4 Å². The van der Waals surface area contributed by atoms with Gasteiger partial charge in [0.2, 0.25) is 11.7 Å². The van der Waals surface area contributed by atoms with E-state index in [4.69, 9.17) is 4.52 Å². The molecule has 0 bridgehead atoms. The Morgan fingerprint density at radius 2 is 1.81 bits per heavy atom. The Balaban J connectivity index is 1.44. The molecule has 0 saturated carbocycles. The Hall–Kier alpha value is -2.94. The van der Waals surface area contributed by atoms with Crippen molar-refractivity contribution >= 4 is 15.9 Å². The highest BCUT2D eigenvalue weighted by Gasteiger charge is 2.11. The number of nitrogens with zero attached hydrogens (tertiary/aromatic N) is 6. The third kappa shape index (κ3) is 3.83. The first-order valence-electron chi connectivity index (χ1n) is 7.75. The van der Waals surface area contributed by atoms with Gasteiger partial charge in [0.05, 0.1) is 0 Å². The molecule has 2 aromatic heterocycles. The average Bonchev–Trinajstić information content (AvgIpc) is 3.28. The van der Waals surface area contributed by atoms with E-state index in [1.807, 2.05) is 24.3 Å². The van der Waals surface area contributed by atoms with Crippen LogP contribution in [0.2, 0.25) is 0 Å². The summed E-state index contributed by atoms with van der Waals surface area (Å²) >= 11 is 3.39.